The Balaban J connectivity index is 1.75. The van der Waals surface area contributed by atoms with Gasteiger partial charge in [-0.2, -0.15) is 0 Å². The number of rotatable bonds is 3. The molecule has 1 aromatic rings. The minimum absolute atomic E-state index is 0.565. The van der Waals surface area contributed by atoms with E-state index in [-0.39, 0.29) is 0 Å². The molecule has 1 heterocycles. The van der Waals surface area contributed by atoms with Gasteiger partial charge in [0.25, 0.3) is 0 Å². The SMILES string of the molecule is Cc1nc(CNC2CCC(C)(C)CC2)cs1. The molecule has 1 N–H and O–H groups in total. The molecule has 0 radical (unpaired) electrons. The Hall–Kier alpha value is -0.410. The molecule has 16 heavy (non-hydrogen) atoms. The van der Waals surface area contributed by atoms with Gasteiger partial charge in [0.05, 0.1) is 10.7 Å². The van der Waals surface area contributed by atoms with Crippen LogP contribution in [0.25, 0.3) is 0 Å². The molecule has 0 unspecified atom stereocenters. The maximum absolute atomic E-state index is 4.48. The van der Waals surface area contributed by atoms with Crippen LogP contribution in [0.5, 0.6) is 0 Å². The summed E-state index contributed by atoms with van der Waals surface area (Å²) < 4.78 is 0. The molecule has 2 nitrogen and oxygen atoms in total. The van der Waals surface area contributed by atoms with Crippen molar-refractivity contribution in [2.75, 3.05) is 0 Å². The minimum atomic E-state index is 0.565. The first-order valence-electron chi connectivity index (χ1n) is 6.20. The van der Waals surface area contributed by atoms with Gasteiger partial charge in [0.15, 0.2) is 0 Å². The van der Waals surface area contributed by atoms with Gasteiger partial charge >= 0.3 is 0 Å². The van der Waals surface area contributed by atoms with Crippen LogP contribution in [0.2, 0.25) is 0 Å². The number of thiazole rings is 1. The second kappa shape index (κ2) is 4.84. The Kier molecular flexibility index (Phi) is 3.65. The zero-order valence-corrected chi connectivity index (χ0v) is 11.4. The molecule has 0 saturated heterocycles. The van der Waals surface area contributed by atoms with Crippen molar-refractivity contribution in [3.8, 4) is 0 Å². The number of aromatic nitrogens is 1. The predicted molar refractivity (Wildman–Crippen MR) is 69.7 cm³/mol. The maximum Gasteiger partial charge on any atom is 0.0897 e. The van der Waals surface area contributed by atoms with E-state index in [0.717, 1.165) is 6.54 Å². The van der Waals surface area contributed by atoms with Crippen LogP contribution in [0.4, 0.5) is 0 Å². The summed E-state index contributed by atoms with van der Waals surface area (Å²) in [5.74, 6) is 0. The Morgan fingerprint density at radius 1 is 1.44 bits per heavy atom. The molecule has 0 spiro atoms. The summed E-state index contributed by atoms with van der Waals surface area (Å²) in [7, 11) is 0. The Labute approximate surface area is 102 Å². The van der Waals surface area contributed by atoms with Gasteiger partial charge in [0, 0.05) is 18.0 Å². The summed E-state index contributed by atoms with van der Waals surface area (Å²) in [5.41, 5.74) is 1.77. The summed E-state index contributed by atoms with van der Waals surface area (Å²) >= 11 is 1.74. The highest BCUT2D eigenvalue weighted by atomic mass is 32.1. The van der Waals surface area contributed by atoms with Crippen molar-refractivity contribution >= 4 is 11.3 Å². The topological polar surface area (TPSA) is 24.9 Å². The lowest BCUT2D eigenvalue weighted by molar-refractivity contribution is 0.206. The third-order valence-corrected chi connectivity index (χ3v) is 4.40. The summed E-state index contributed by atoms with van der Waals surface area (Å²) in [6.07, 6.45) is 5.33. The highest BCUT2D eigenvalue weighted by molar-refractivity contribution is 7.09. The van der Waals surface area contributed by atoms with Crippen LogP contribution in [-0.4, -0.2) is 11.0 Å². The molecule has 0 aliphatic heterocycles. The van der Waals surface area contributed by atoms with E-state index in [0.29, 0.717) is 11.5 Å². The van der Waals surface area contributed by atoms with Crippen LogP contribution < -0.4 is 5.32 Å². The smallest absolute Gasteiger partial charge is 0.0897 e. The molecule has 90 valence electrons. The van der Waals surface area contributed by atoms with Crippen LogP contribution >= 0.6 is 11.3 Å². The van der Waals surface area contributed by atoms with E-state index < -0.39 is 0 Å². The third-order valence-electron chi connectivity index (χ3n) is 3.58. The van der Waals surface area contributed by atoms with Crippen molar-refractivity contribution in [3.05, 3.63) is 16.1 Å². The van der Waals surface area contributed by atoms with Gasteiger partial charge in [-0.15, -0.1) is 11.3 Å². The fourth-order valence-corrected chi connectivity index (χ4v) is 2.95. The molecule has 1 fully saturated rings. The van der Waals surface area contributed by atoms with Crippen LogP contribution in [0.3, 0.4) is 0 Å². The predicted octanol–water partition coefficient (Wildman–Crippen LogP) is 3.51. The third kappa shape index (κ3) is 3.29. The van der Waals surface area contributed by atoms with Crippen LogP contribution in [0.15, 0.2) is 5.38 Å². The van der Waals surface area contributed by atoms with Gasteiger partial charge < -0.3 is 5.32 Å². The molecular weight excluding hydrogens is 216 g/mol. The number of nitrogens with zero attached hydrogens (tertiary/aromatic N) is 1. The van der Waals surface area contributed by atoms with Gasteiger partial charge in [-0.05, 0) is 38.0 Å². The summed E-state index contributed by atoms with van der Waals surface area (Å²) in [4.78, 5) is 4.48. The highest BCUT2D eigenvalue weighted by Crippen LogP contribution is 2.35. The molecule has 2 rings (SSSR count). The van der Waals surface area contributed by atoms with Gasteiger partial charge in [-0.1, -0.05) is 13.8 Å². The highest BCUT2D eigenvalue weighted by Gasteiger charge is 2.26. The first kappa shape index (κ1) is 12.1. The van der Waals surface area contributed by atoms with E-state index >= 15 is 0 Å². The zero-order valence-electron chi connectivity index (χ0n) is 10.5. The van der Waals surface area contributed by atoms with E-state index in [1.807, 2.05) is 0 Å². The molecule has 1 aromatic heterocycles. The molecule has 1 saturated carbocycles. The first-order valence-corrected chi connectivity index (χ1v) is 7.07. The molecule has 1 aliphatic rings. The Morgan fingerprint density at radius 2 is 2.12 bits per heavy atom. The Morgan fingerprint density at radius 3 is 2.69 bits per heavy atom. The lowest BCUT2D eigenvalue weighted by Gasteiger charge is -2.34. The van der Waals surface area contributed by atoms with Crippen molar-refractivity contribution in [1.82, 2.24) is 10.3 Å². The second-order valence-electron chi connectivity index (χ2n) is 5.68. The minimum Gasteiger partial charge on any atom is -0.308 e. The van der Waals surface area contributed by atoms with E-state index in [2.05, 4.69) is 36.5 Å². The van der Waals surface area contributed by atoms with E-state index in [9.17, 15) is 0 Å². The standard InChI is InChI=1S/C13H22N2S/c1-10-15-12(9-16-10)8-14-11-4-6-13(2,3)7-5-11/h9,11,14H,4-8H2,1-3H3. The molecular formula is C13H22N2S. The fourth-order valence-electron chi connectivity index (χ4n) is 2.34. The Bertz CT molecular complexity index is 333. The van der Waals surface area contributed by atoms with Crippen LogP contribution in [0.1, 0.15) is 50.2 Å². The quantitative estimate of drug-likeness (QED) is 0.871. The average molecular weight is 238 g/mol. The van der Waals surface area contributed by atoms with Gasteiger partial charge in [-0.25, -0.2) is 4.98 Å². The number of hydrogen-bond acceptors (Lipinski definition) is 3. The van der Waals surface area contributed by atoms with Gasteiger partial charge in [0.2, 0.25) is 0 Å². The van der Waals surface area contributed by atoms with Crippen molar-refractivity contribution in [1.29, 1.82) is 0 Å². The van der Waals surface area contributed by atoms with Crippen molar-refractivity contribution in [2.24, 2.45) is 5.41 Å². The van der Waals surface area contributed by atoms with Crippen LogP contribution in [0, 0.1) is 12.3 Å². The zero-order chi connectivity index (χ0) is 11.6. The largest absolute Gasteiger partial charge is 0.308 e. The van der Waals surface area contributed by atoms with Gasteiger partial charge in [-0.3, -0.25) is 0 Å². The van der Waals surface area contributed by atoms with Crippen molar-refractivity contribution < 1.29 is 0 Å². The maximum atomic E-state index is 4.48. The number of hydrogen-bond donors (Lipinski definition) is 1. The van der Waals surface area contributed by atoms with E-state index in [4.69, 9.17) is 0 Å². The normalized spacial score (nSPS) is 21.2. The van der Waals surface area contributed by atoms with E-state index in [1.54, 1.807) is 11.3 Å². The molecule has 0 atom stereocenters. The van der Waals surface area contributed by atoms with Crippen LogP contribution in [-0.2, 0) is 6.54 Å². The monoisotopic (exact) mass is 238 g/mol. The first-order chi connectivity index (χ1) is 7.55. The number of aryl methyl sites for hydroxylation is 1. The molecule has 0 aromatic carbocycles. The van der Waals surface area contributed by atoms with E-state index in [1.165, 1.54) is 36.4 Å². The molecule has 1 aliphatic carbocycles. The molecule has 3 heteroatoms. The van der Waals surface area contributed by atoms with Gasteiger partial charge in [0.1, 0.15) is 0 Å². The molecule has 0 bridgehead atoms. The molecule has 0 amide bonds. The summed E-state index contributed by atoms with van der Waals surface area (Å²) in [6.45, 7) is 7.77. The summed E-state index contributed by atoms with van der Waals surface area (Å²) in [6, 6.07) is 0.704. The lowest BCUT2D eigenvalue weighted by Crippen LogP contribution is -2.35. The fraction of sp³-hybridized carbons (Fsp3) is 0.769. The number of nitrogens with one attached hydrogen (secondary N) is 1. The summed E-state index contributed by atoms with van der Waals surface area (Å²) in [5, 5.41) is 6.96. The average Bonchev–Trinajstić information content (AvgIpc) is 2.63. The second-order valence-corrected chi connectivity index (χ2v) is 6.74. The lowest BCUT2D eigenvalue weighted by atomic mass is 9.75. The van der Waals surface area contributed by atoms with Crippen molar-refractivity contribution in [2.45, 2.75) is 59.0 Å². The van der Waals surface area contributed by atoms with Crippen molar-refractivity contribution in [3.63, 3.8) is 0 Å².